The quantitative estimate of drug-likeness (QED) is 0.674. The minimum atomic E-state index is -0.456. The molecular formula is C12H14N4O2S. The Labute approximate surface area is 114 Å². The van der Waals surface area contributed by atoms with Gasteiger partial charge in [0.25, 0.3) is 5.91 Å². The summed E-state index contributed by atoms with van der Waals surface area (Å²) in [7, 11) is 0. The van der Waals surface area contributed by atoms with Gasteiger partial charge in [-0.05, 0) is 19.2 Å². The van der Waals surface area contributed by atoms with E-state index >= 15 is 0 Å². The van der Waals surface area contributed by atoms with Crippen molar-refractivity contribution in [3.63, 3.8) is 0 Å². The molecule has 0 bridgehead atoms. The molecule has 2 N–H and O–H groups in total. The number of hydrogen-bond acceptors (Lipinski definition) is 5. The van der Waals surface area contributed by atoms with Crippen molar-refractivity contribution in [3.05, 3.63) is 18.0 Å². The smallest absolute Gasteiger partial charge is 0.265 e. The summed E-state index contributed by atoms with van der Waals surface area (Å²) < 4.78 is 7.27. The van der Waals surface area contributed by atoms with Gasteiger partial charge in [-0.25, -0.2) is 9.97 Å². The maximum absolute atomic E-state index is 11.6. The zero-order valence-corrected chi connectivity index (χ0v) is 11.5. The highest BCUT2D eigenvalue weighted by atomic mass is 32.2. The molecule has 0 radical (unpaired) electrons. The van der Waals surface area contributed by atoms with Crippen molar-refractivity contribution in [1.82, 2.24) is 14.5 Å². The van der Waals surface area contributed by atoms with Crippen LogP contribution >= 0.6 is 11.8 Å². The second-order valence-electron chi connectivity index (χ2n) is 4.51. The van der Waals surface area contributed by atoms with Crippen LogP contribution in [0.15, 0.2) is 17.4 Å². The molecule has 6 nitrogen and oxygen atoms in total. The van der Waals surface area contributed by atoms with Gasteiger partial charge in [0.15, 0.2) is 5.16 Å². The molecule has 7 heteroatoms. The lowest BCUT2D eigenvalue weighted by Crippen LogP contribution is -2.40. The van der Waals surface area contributed by atoms with E-state index in [1.54, 1.807) is 12.3 Å². The van der Waals surface area contributed by atoms with Crippen LogP contribution in [-0.4, -0.2) is 39.4 Å². The van der Waals surface area contributed by atoms with Gasteiger partial charge >= 0.3 is 0 Å². The highest BCUT2D eigenvalue weighted by molar-refractivity contribution is 7.98. The lowest BCUT2D eigenvalue weighted by atomic mass is 10.1. The van der Waals surface area contributed by atoms with E-state index in [4.69, 9.17) is 10.5 Å². The van der Waals surface area contributed by atoms with E-state index in [1.807, 2.05) is 17.7 Å². The average Bonchev–Trinajstić information content (AvgIpc) is 2.76. The van der Waals surface area contributed by atoms with Crippen LogP contribution in [0, 0.1) is 0 Å². The van der Waals surface area contributed by atoms with Crippen molar-refractivity contribution in [2.45, 2.75) is 24.2 Å². The Hall–Kier alpha value is -1.60. The Morgan fingerprint density at radius 1 is 1.63 bits per heavy atom. The van der Waals surface area contributed by atoms with Gasteiger partial charge in [0.2, 0.25) is 0 Å². The van der Waals surface area contributed by atoms with Gasteiger partial charge in [0.1, 0.15) is 11.3 Å². The van der Waals surface area contributed by atoms with Gasteiger partial charge in [-0.3, -0.25) is 4.79 Å². The van der Waals surface area contributed by atoms with Crippen LogP contribution in [0.5, 0.6) is 0 Å². The fraction of sp³-hybridized carbons (Fsp3) is 0.417. The number of hydrogen-bond donors (Lipinski definition) is 1. The molecule has 0 saturated carbocycles. The number of aromatic nitrogens is 3. The molecule has 2 atom stereocenters. The molecule has 1 saturated heterocycles. The second kappa shape index (κ2) is 4.50. The third-order valence-electron chi connectivity index (χ3n) is 3.39. The lowest BCUT2D eigenvalue weighted by Gasteiger charge is -2.36. The van der Waals surface area contributed by atoms with Crippen molar-refractivity contribution in [2.24, 2.45) is 5.73 Å². The van der Waals surface area contributed by atoms with E-state index in [9.17, 15) is 4.79 Å². The highest BCUT2D eigenvalue weighted by Gasteiger charge is 2.33. The number of thioether (sulfide) groups is 1. The predicted molar refractivity (Wildman–Crippen MR) is 72.3 cm³/mol. The van der Waals surface area contributed by atoms with Crippen LogP contribution in [0.1, 0.15) is 23.5 Å². The summed E-state index contributed by atoms with van der Waals surface area (Å²) >= 11 is 1.47. The third-order valence-corrected chi connectivity index (χ3v) is 3.95. The molecule has 0 aromatic carbocycles. The Morgan fingerprint density at radius 2 is 2.42 bits per heavy atom. The summed E-state index contributed by atoms with van der Waals surface area (Å²) in [6.45, 7) is 2.55. The highest BCUT2D eigenvalue weighted by Crippen LogP contribution is 2.31. The van der Waals surface area contributed by atoms with Crippen LogP contribution < -0.4 is 5.73 Å². The molecule has 1 amide bonds. The number of nitrogens with zero attached hydrogens (tertiary/aromatic N) is 3. The van der Waals surface area contributed by atoms with Gasteiger partial charge < -0.3 is 15.0 Å². The van der Waals surface area contributed by atoms with Crippen LogP contribution in [0.2, 0.25) is 0 Å². The Kier molecular flexibility index (Phi) is 2.94. The zero-order chi connectivity index (χ0) is 13.6. The Balaban J connectivity index is 2.24. The van der Waals surface area contributed by atoms with E-state index < -0.39 is 5.91 Å². The number of carbonyl (C=O) groups is 1. The van der Waals surface area contributed by atoms with Crippen LogP contribution in [0.3, 0.4) is 0 Å². The molecule has 2 unspecified atom stereocenters. The van der Waals surface area contributed by atoms with E-state index in [0.29, 0.717) is 17.5 Å². The van der Waals surface area contributed by atoms with Crippen molar-refractivity contribution in [2.75, 3.05) is 12.9 Å². The van der Waals surface area contributed by atoms with E-state index in [1.165, 1.54) is 11.8 Å². The minimum absolute atomic E-state index is 0.0568. The van der Waals surface area contributed by atoms with Crippen molar-refractivity contribution >= 4 is 28.7 Å². The SMILES string of the molecule is CSc1ncc2cc(C(N)=O)n(C3COC3C)c2n1. The Bertz CT molecular complexity index is 654. The normalized spacial score (nSPS) is 22.4. The van der Waals surface area contributed by atoms with Gasteiger partial charge in [-0.2, -0.15) is 0 Å². The summed E-state index contributed by atoms with van der Waals surface area (Å²) in [4.78, 5) is 20.3. The predicted octanol–water partition coefficient (Wildman–Crippen LogP) is 1.21. The van der Waals surface area contributed by atoms with Crippen molar-refractivity contribution < 1.29 is 9.53 Å². The lowest BCUT2D eigenvalue weighted by molar-refractivity contribution is -0.0920. The Morgan fingerprint density at radius 3 is 2.95 bits per heavy atom. The van der Waals surface area contributed by atoms with Crippen molar-refractivity contribution in [1.29, 1.82) is 0 Å². The summed E-state index contributed by atoms with van der Waals surface area (Å²) in [5.74, 6) is -0.456. The summed E-state index contributed by atoms with van der Waals surface area (Å²) in [5.41, 5.74) is 6.66. The van der Waals surface area contributed by atoms with Crippen LogP contribution in [0.25, 0.3) is 11.0 Å². The first-order valence-corrected chi connectivity index (χ1v) is 7.17. The molecular weight excluding hydrogens is 264 g/mol. The largest absolute Gasteiger partial charge is 0.374 e. The third kappa shape index (κ3) is 1.89. The number of carbonyl (C=O) groups excluding carboxylic acids is 1. The molecule has 0 aliphatic carbocycles. The molecule has 1 aliphatic heterocycles. The zero-order valence-electron chi connectivity index (χ0n) is 10.7. The van der Waals surface area contributed by atoms with E-state index in [-0.39, 0.29) is 12.1 Å². The van der Waals surface area contributed by atoms with Crippen LogP contribution in [-0.2, 0) is 4.74 Å². The monoisotopic (exact) mass is 278 g/mol. The number of nitrogens with two attached hydrogens (primary N) is 1. The van der Waals surface area contributed by atoms with Gasteiger partial charge in [-0.15, -0.1) is 0 Å². The van der Waals surface area contributed by atoms with Crippen molar-refractivity contribution in [3.8, 4) is 0 Å². The molecule has 0 spiro atoms. The second-order valence-corrected chi connectivity index (χ2v) is 5.28. The maximum Gasteiger partial charge on any atom is 0.265 e. The van der Waals surface area contributed by atoms with Crippen LogP contribution in [0.4, 0.5) is 0 Å². The first kappa shape index (κ1) is 12.4. The molecule has 3 heterocycles. The molecule has 1 fully saturated rings. The van der Waals surface area contributed by atoms with Gasteiger partial charge in [-0.1, -0.05) is 11.8 Å². The molecule has 1 aliphatic rings. The topological polar surface area (TPSA) is 83.0 Å². The average molecular weight is 278 g/mol. The molecule has 19 heavy (non-hydrogen) atoms. The first-order chi connectivity index (χ1) is 9.11. The fourth-order valence-corrected chi connectivity index (χ4v) is 2.61. The number of primary amides is 1. The van der Waals surface area contributed by atoms with Gasteiger partial charge in [0.05, 0.1) is 18.8 Å². The summed E-state index contributed by atoms with van der Waals surface area (Å²) in [6, 6.07) is 1.84. The van der Waals surface area contributed by atoms with Gasteiger partial charge in [0, 0.05) is 11.6 Å². The molecule has 2 aromatic rings. The number of fused-ring (bicyclic) bond motifs is 1. The standard InChI is InChI=1S/C12H14N4O2S/c1-6-9(5-18-6)16-8(10(13)17)3-7-4-14-12(19-2)15-11(7)16/h3-4,6,9H,5H2,1-2H3,(H2,13,17). The summed E-state index contributed by atoms with van der Waals surface area (Å²) in [5, 5.41) is 1.50. The number of rotatable bonds is 3. The van der Waals surface area contributed by atoms with E-state index in [2.05, 4.69) is 9.97 Å². The minimum Gasteiger partial charge on any atom is -0.374 e. The molecule has 100 valence electrons. The maximum atomic E-state index is 11.6. The molecule has 3 rings (SSSR count). The number of ether oxygens (including phenoxy) is 1. The first-order valence-electron chi connectivity index (χ1n) is 5.95. The van der Waals surface area contributed by atoms with E-state index in [0.717, 1.165) is 11.0 Å². The summed E-state index contributed by atoms with van der Waals surface area (Å²) in [6.07, 6.45) is 3.70. The number of amides is 1. The molecule has 2 aromatic heterocycles. The fourth-order valence-electron chi connectivity index (χ4n) is 2.28.